The zero-order chi connectivity index (χ0) is 15.4. The molecule has 0 aliphatic carbocycles. The van der Waals surface area contributed by atoms with Crippen molar-refractivity contribution in [2.24, 2.45) is 0 Å². The van der Waals surface area contributed by atoms with Gasteiger partial charge in [-0.2, -0.15) is 0 Å². The maximum atomic E-state index is 12.1. The molecule has 1 amide bonds. The molecular formula is C13H13Cl2N3O2S. The van der Waals surface area contributed by atoms with Crippen molar-refractivity contribution >= 4 is 45.6 Å². The van der Waals surface area contributed by atoms with E-state index in [0.717, 1.165) is 11.4 Å². The lowest BCUT2D eigenvalue weighted by molar-refractivity contribution is 0.102. The first-order valence-corrected chi connectivity index (χ1v) is 7.81. The molecule has 0 aliphatic rings. The number of amides is 1. The summed E-state index contributed by atoms with van der Waals surface area (Å²) < 4.78 is 5.46. The largest absolute Gasteiger partial charge is 0.490 e. The number of carbonyl (C=O) groups is 1. The molecule has 0 bridgehead atoms. The molecule has 1 aromatic heterocycles. The van der Waals surface area contributed by atoms with E-state index in [-0.39, 0.29) is 5.91 Å². The minimum Gasteiger partial charge on any atom is -0.490 e. The van der Waals surface area contributed by atoms with Gasteiger partial charge in [0.05, 0.1) is 16.7 Å². The van der Waals surface area contributed by atoms with E-state index in [9.17, 15) is 4.79 Å². The molecule has 8 heteroatoms. The highest BCUT2D eigenvalue weighted by atomic mass is 35.5. The first kappa shape index (κ1) is 16.0. The van der Waals surface area contributed by atoms with Crippen molar-refractivity contribution in [3.63, 3.8) is 0 Å². The minimum atomic E-state index is -0.350. The second kappa shape index (κ2) is 7.06. The van der Waals surface area contributed by atoms with Gasteiger partial charge in [-0.05, 0) is 25.5 Å². The predicted octanol–water partition coefficient (Wildman–Crippen LogP) is 4.19. The molecular weight excluding hydrogens is 333 g/mol. The van der Waals surface area contributed by atoms with E-state index in [1.54, 1.807) is 6.92 Å². The van der Waals surface area contributed by atoms with Crippen LogP contribution in [0.25, 0.3) is 0 Å². The van der Waals surface area contributed by atoms with Gasteiger partial charge in [0.1, 0.15) is 5.01 Å². The Balaban J connectivity index is 2.18. The number of hydrogen-bond acceptors (Lipinski definition) is 5. The number of ether oxygens (including phenoxy) is 1. The SMILES string of the molecule is CCCOc1c(Cl)cc(C(=O)Nc2nnc(C)s2)cc1Cl. The lowest BCUT2D eigenvalue weighted by Crippen LogP contribution is -2.12. The highest BCUT2D eigenvalue weighted by Gasteiger charge is 2.15. The second-order valence-electron chi connectivity index (χ2n) is 4.20. The Labute approximate surface area is 136 Å². The van der Waals surface area contributed by atoms with Crippen LogP contribution in [0.1, 0.15) is 28.7 Å². The summed E-state index contributed by atoms with van der Waals surface area (Å²) in [6, 6.07) is 3.03. The zero-order valence-corrected chi connectivity index (χ0v) is 13.8. The van der Waals surface area contributed by atoms with Crippen LogP contribution in [0, 0.1) is 6.92 Å². The molecule has 1 aromatic carbocycles. The van der Waals surface area contributed by atoms with Gasteiger partial charge in [-0.15, -0.1) is 10.2 Å². The van der Waals surface area contributed by atoms with E-state index >= 15 is 0 Å². The zero-order valence-electron chi connectivity index (χ0n) is 11.4. The molecule has 1 N–H and O–H groups in total. The van der Waals surface area contributed by atoms with Gasteiger partial charge in [0.2, 0.25) is 5.13 Å². The fourth-order valence-corrected chi connectivity index (χ4v) is 2.73. The third kappa shape index (κ3) is 4.06. The third-order valence-corrected chi connectivity index (χ3v) is 3.77. The topological polar surface area (TPSA) is 64.1 Å². The van der Waals surface area contributed by atoms with Crippen LogP contribution in [0.5, 0.6) is 5.75 Å². The first-order chi connectivity index (χ1) is 10.0. The summed E-state index contributed by atoms with van der Waals surface area (Å²) in [5.41, 5.74) is 0.335. The Morgan fingerprint density at radius 2 is 2.00 bits per heavy atom. The maximum Gasteiger partial charge on any atom is 0.257 e. The van der Waals surface area contributed by atoms with Crippen LogP contribution >= 0.6 is 34.5 Å². The normalized spacial score (nSPS) is 10.5. The molecule has 0 saturated heterocycles. The number of rotatable bonds is 5. The molecule has 112 valence electrons. The lowest BCUT2D eigenvalue weighted by atomic mass is 10.2. The van der Waals surface area contributed by atoms with Gasteiger partial charge in [-0.1, -0.05) is 41.5 Å². The smallest absolute Gasteiger partial charge is 0.257 e. The Hall–Kier alpha value is -1.37. The van der Waals surface area contributed by atoms with E-state index < -0.39 is 0 Å². The van der Waals surface area contributed by atoms with Crippen LogP contribution in [0.4, 0.5) is 5.13 Å². The summed E-state index contributed by atoms with van der Waals surface area (Å²) in [4.78, 5) is 12.1. The number of hydrogen-bond donors (Lipinski definition) is 1. The summed E-state index contributed by atoms with van der Waals surface area (Å²) in [6.45, 7) is 4.30. The van der Waals surface area contributed by atoms with E-state index in [2.05, 4.69) is 15.5 Å². The van der Waals surface area contributed by atoms with Gasteiger partial charge in [-0.25, -0.2) is 0 Å². The van der Waals surface area contributed by atoms with Crippen molar-refractivity contribution in [2.45, 2.75) is 20.3 Å². The van der Waals surface area contributed by atoms with E-state index in [1.165, 1.54) is 23.5 Å². The molecule has 0 unspecified atom stereocenters. The van der Waals surface area contributed by atoms with Crippen molar-refractivity contribution in [2.75, 3.05) is 11.9 Å². The molecule has 0 radical (unpaired) electrons. The lowest BCUT2D eigenvalue weighted by Gasteiger charge is -2.10. The predicted molar refractivity (Wildman–Crippen MR) is 84.8 cm³/mol. The van der Waals surface area contributed by atoms with Crippen LogP contribution in [0.3, 0.4) is 0 Å². The minimum absolute atomic E-state index is 0.301. The number of benzene rings is 1. The molecule has 0 atom stereocenters. The van der Waals surface area contributed by atoms with E-state index in [0.29, 0.717) is 33.1 Å². The van der Waals surface area contributed by atoms with Crippen LogP contribution in [0.2, 0.25) is 10.0 Å². The third-order valence-electron chi connectivity index (χ3n) is 2.46. The number of nitrogens with one attached hydrogen (secondary N) is 1. The summed E-state index contributed by atoms with van der Waals surface area (Å²) in [6.07, 6.45) is 0.839. The van der Waals surface area contributed by atoms with Crippen molar-refractivity contribution in [1.82, 2.24) is 10.2 Å². The summed E-state index contributed by atoms with van der Waals surface area (Å²) >= 11 is 13.5. The molecule has 2 aromatic rings. The van der Waals surface area contributed by atoms with Crippen LogP contribution < -0.4 is 10.1 Å². The molecule has 0 fully saturated rings. The van der Waals surface area contributed by atoms with Gasteiger partial charge >= 0.3 is 0 Å². The van der Waals surface area contributed by atoms with Gasteiger partial charge in [-0.3, -0.25) is 10.1 Å². The van der Waals surface area contributed by atoms with E-state index in [4.69, 9.17) is 27.9 Å². The Morgan fingerprint density at radius 1 is 1.33 bits per heavy atom. The van der Waals surface area contributed by atoms with Gasteiger partial charge in [0.15, 0.2) is 5.75 Å². The summed E-state index contributed by atoms with van der Waals surface area (Å²) in [5, 5.41) is 12.1. The Kier molecular flexibility index (Phi) is 5.39. The number of carbonyl (C=O) groups excluding carboxylic acids is 1. The van der Waals surface area contributed by atoms with Gasteiger partial charge < -0.3 is 4.74 Å². The molecule has 0 aliphatic heterocycles. The maximum absolute atomic E-state index is 12.1. The molecule has 1 heterocycles. The molecule has 5 nitrogen and oxygen atoms in total. The number of nitrogens with zero attached hydrogens (tertiary/aromatic N) is 2. The average molecular weight is 346 g/mol. The van der Waals surface area contributed by atoms with Crippen LogP contribution in [-0.4, -0.2) is 22.7 Å². The molecule has 0 saturated carbocycles. The summed E-state index contributed by atoms with van der Waals surface area (Å²) in [7, 11) is 0. The van der Waals surface area contributed by atoms with Crippen molar-refractivity contribution in [3.05, 3.63) is 32.7 Å². The Bertz CT molecular complexity index is 638. The standard InChI is InChI=1S/C13H13Cl2N3O2S/c1-3-4-20-11-9(14)5-8(6-10(11)15)12(19)16-13-18-17-7(2)21-13/h5-6H,3-4H2,1-2H3,(H,16,18,19). The fourth-order valence-electron chi connectivity index (χ4n) is 1.55. The van der Waals surface area contributed by atoms with Crippen LogP contribution in [-0.2, 0) is 0 Å². The highest BCUT2D eigenvalue weighted by molar-refractivity contribution is 7.15. The second-order valence-corrected chi connectivity index (χ2v) is 6.19. The molecule has 0 spiro atoms. The van der Waals surface area contributed by atoms with Crippen molar-refractivity contribution in [3.8, 4) is 5.75 Å². The Morgan fingerprint density at radius 3 is 2.52 bits per heavy atom. The quantitative estimate of drug-likeness (QED) is 0.881. The first-order valence-electron chi connectivity index (χ1n) is 6.24. The number of halogens is 2. The van der Waals surface area contributed by atoms with E-state index in [1.807, 2.05) is 6.92 Å². The number of anilines is 1. The monoisotopic (exact) mass is 345 g/mol. The molecule has 21 heavy (non-hydrogen) atoms. The van der Waals surface area contributed by atoms with Crippen molar-refractivity contribution in [1.29, 1.82) is 0 Å². The van der Waals surface area contributed by atoms with Crippen molar-refractivity contribution < 1.29 is 9.53 Å². The average Bonchev–Trinajstić information content (AvgIpc) is 2.83. The number of aryl methyl sites for hydroxylation is 1. The summed E-state index contributed by atoms with van der Waals surface area (Å²) in [5.74, 6) is 0.0421. The number of aromatic nitrogens is 2. The van der Waals surface area contributed by atoms with Gasteiger partial charge in [0.25, 0.3) is 5.91 Å². The molecule has 2 rings (SSSR count). The highest BCUT2D eigenvalue weighted by Crippen LogP contribution is 2.34. The fraction of sp³-hybridized carbons (Fsp3) is 0.308. The van der Waals surface area contributed by atoms with Crippen LogP contribution in [0.15, 0.2) is 12.1 Å². The van der Waals surface area contributed by atoms with Gasteiger partial charge in [0, 0.05) is 5.56 Å².